The second-order valence-electron chi connectivity index (χ2n) is 5.60. The third-order valence-corrected chi connectivity index (χ3v) is 3.87. The van der Waals surface area contributed by atoms with Crippen molar-refractivity contribution < 1.29 is 14.3 Å². The van der Waals surface area contributed by atoms with Gasteiger partial charge in [0.1, 0.15) is 5.54 Å². The van der Waals surface area contributed by atoms with Crippen LogP contribution in [0.5, 0.6) is 0 Å². The molecule has 0 radical (unpaired) electrons. The van der Waals surface area contributed by atoms with Crippen LogP contribution in [0.3, 0.4) is 0 Å². The van der Waals surface area contributed by atoms with Crippen LogP contribution in [-0.4, -0.2) is 24.0 Å². The van der Waals surface area contributed by atoms with Crippen LogP contribution in [0.2, 0.25) is 0 Å². The summed E-state index contributed by atoms with van der Waals surface area (Å²) in [5.41, 5.74) is 0.284. The van der Waals surface area contributed by atoms with Crippen LogP contribution in [0, 0.1) is 11.3 Å². The number of rotatable bonds is 6. The largest absolute Gasteiger partial charge is 0.456 e. The van der Waals surface area contributed by atoms with E-state index in [9.17, 15) is 14.9 Å². The van der Waals surface area contributed by atoms with E-state index in [2.05, 4.69) is 11.4 Å². The average Bonchev–Trinajstić information content (AvgIpc) is 3.01. The molecule has 1 aromatic carbocycles. The number of benzene rings is 1. The Morgan fingerprint density at radius 2 is 1.91 bits per heavy atom. The summed E-state index contributed by atoms with van der Waals surface area (Å²) in [5.74, 6) is -0.812. The molecule has 116 valence electrons. The first-order valence-corrected chi connectivity index (χ1v) is 7.55. The molecule has 22 heavy (non-hydrogen) atoms. The standard InChI is InChI=1S/C17H20N2O3/c18-13-17(10-4-5-11-17)19-15(20)12-22-16(21)9-8-14-6-2-1-3-7-14/h1-3,6-7H,4-5,8-12H2,(H,19,20). The molecular weight excluding hydrogens is 280 g/mol. The zero-order chi connectivity index (χ0) is 15.8. The van der Waals surface area contributed by atoms with Gasteiger partial charge >= 0.3 is 5.97 Å². The summed E-state index contributed by atoms with van der Waals surface area (Å²) < 4.78 is 4.96. The van der Waals surface area contributed by atoms with Crippen LogP contribution in [0.4, 0.5) is 0 Å². The van der Waals surface area contributed by atoms with Gasteiger partial charge in [0.05, 0.1) is 6.07 Å². The zero-order valence-electron chi connectivity index (χ0n) is 12.5. The summed E-state index contributed by atoms with van der Waals surface area (Å²) in [6, 6.07) is 11.8. The Morgan fingerprint density at radius 3 is 2.55 bits per heavy atom. The number of carbonyl (C=O) groups is 2. The van der Waals surface area contributed by atoms with Crippen LogP contribution >= 0.6 is 0 Å². The zero-order valence-corrected chi connectivity index (χ0v) is 12.5. The van der Waals surface area contributed by atoms with Gasteiger partial charge in [0, 0.05) is 6.42 Å². The molecule has 0 unspecified atom stereocenters. The third-order valence-electron chi connectivity index (χ3n) is 3.87. The molecule has 0 heterocycles. The molecule has 1 aromatic rings. The summed E-state index contributed by atoms with van der Waals surface area (Å²) in [4.78, 5) is 23.4. The monoisotopic (exact) mass is 300 g/mol. The van der Waals surface area contributed by atoms with Gasteiger partial charge in [-0.3, -0.25) is 9.59 Å². The number of ether oxygens (including phenoxy) is 1. The summed E-state index contributed by atoms with van der Waals surface area (Å²) in [6.07, 6.45) is 4.02. The molecule has 5 heteroatoms. The number of hydrogen-bond acceptors (Lipinski definition) is 4. The number of aryl methyl sites for hydroxylation is 1. The molecule has 0 aromatic heterocycles. The molecule has 1 amide bonds. The van der Waals surface area contributed by atoms with Gasteiger partial charge < -0.3 is 10.1 Å². The van der Waals surface area contributed by atoms with E-state index in [1.165, 1.54) is 0 Å². The van der Waals surface area contributed by atoms with Gasteiger partial charge in [-0.25, -0.2) is 0 Å². The molecule has 1 aliphatic carbocycles. The predicted octanol–water partition coefficient (Wildman–Crippen LogP) is 2.11. The minimum Gasteiger partial charge on any atom is -0.456 e. The molecule has 0 atom stereocenters. The number of nitrogens with zero attached hydrogens (tertiary/aromatic N) is 1. The van der Waals surface area contributed by atoms with Gasteiger partial charge in [0.15, 0.2) is 6.61 Å². The van der Waals surface area contributed by atoms with Gasteiger partial charge in [-0.2, -0.15) is 5.26 Å². The van der Waals surface area contributed by atoms with Crippen LogP contribution in [-0.2, 0) is 20.7 Å². The number of nitriles is 1. The highest BCUT2D eigenvalue weighted by Gasteiger charge is 2.35. The van der Waals surface area contributed by atoms with Gasteiger partial charge in [-0.05, 0) is 37.7 Å². The van der Waals surface area contributed by atoms with Gasteiger partial charge in [-0.1, -0.05) is 30.3 Å². The molecule has 0 aliphatic heterocycles. The molecule has 1 saturated carbocycles. The van der Waals surface area contributed by atoms with E-state index < -0.39 is 17.4 Å². The van der Waals surface area contributed by atoms with Gasteiger partial charge in [-0.15, -0.1) is 0 Å². The normalized spacial score (nSPS) is 15.8. The lowest BCUT2D eigenvalue weighted by molar-refractivity contribution is -0.148. The lowest BCUT2D eigenvalue weighted by Crippen LogP contribution is -2.46. The Hall–Kier alpha value is -2.35. The average molecular weight is 300 g/mol. The second-order valence-corrected chi connectivity index (χ2v) is 5.60. The summed E-state index contributed by atoms with van der Waals surface area (Å²) in [6.45, 7) is -0.322. The maximum absolute atomic E-state index is 11.8. The predicted molar refractivity (Wildman–Crippen MR) is 80.7 cm³/mol. The highest BCUT2D eigenvalue weighted by molar-refractivity contribution is 5.81. The fourth-order valence-electron chi connectivity index (χ4n) is 2.66. The highest BCUT2D eigenvalue weighted by atomic mass is 16.5. The topological polar surface area (TPSA) is 79.2 Å². The van der Waals surface area contributed by atoms with Crippen LogP contribution < -0.4 is 5.32 Å². The van der Waals surface area contributed by atoms with E-state index in [0.29, 0.717) is 19.3 Å². The van der Waals surface area contributed by atoms with Crippen LogP contribution in [0.25, 0.3) is 0 Å². The van der Waals surface area contributed by atoms with Crippen molar-refractivity contribution in [2.75, 3.05) is 6.61 Å². The summed E-state index contributed by atoms with van der Waals surface area (Å²) >= 11 is 0. The van der Waals surface area contributed by atoms with E-state index in [-0.39, 0.29) is 13.0 Å². The van der Waals surface area contributed by atoms with Crippen molar-refractivity contribution in [2.24, 2.45) is 0 Å². The highest BCUT2D eigenvalue weighted by Crippen LogP contribution is 2.28. The first-order valence-electron chi connectivity index (χ1n) is 7.55. The van der Waals surface area contributed by atoms with Crippen molar-refractivity contribution in [3.8, 4) is 6.07 Å². The van der Waals surface area contributed by atoms with Crippen molar-refractivity contribution >= 4 is 11.9 Å². The lowest BCUT2D eigenvalue weighted by Gasteiger charge is -2.21. The van der Waals surface area contributed by atoms with E-state index in [1.54, 1.807) is 0 Å². The molecule has 0 spiro atoms. The fraction of sp³-hybridized carbons (Fsp3) is 0.471. The first kappa shape index (κ1) is 16.0. The van der Waals surface area contributed by atoms with Gasteiger partial charge in [0.2, 0.25) is 0 Å². The van der Waals surface area contributed by atoms with E-state index in [1.807, 2.05) is 30.3 Å². The Morgan fingerprint density at radius 1 is 1.23 bits per heavy atom. The minimum atomic E-state index is -0.770. The maximum atomic E-state index is 11.8. The molecule has 1 N–H and O–H groups in total. The van der Waals surface area contributed by atoms with Gasteiger partial charge in [0.25, 0.3) is 5.91 Å². The molecule has 5 nitrogen and oxygen atoms in total. The molecule has 1 fully saturated rings. The van der Waals surface area contributed by atoms with Crippen molar-refractivity contribution in [1.82, 2.24) is 5.32 Å². The first-order chi connectivity index (χ1) is 10.6. The number of hydrogen-bond donors (Lipinski definition) is 1. The van der Waals surface area contributed by atoms with E-state index in [4.69, 9.17) is 4.74 Å². The quantitative estimate of drug-likeness (QED) is 0.816. The van der Waals surface area contributed by atoms with Crippen molar-refractivity contribution in [3.63, 3.8) is 0 Å². The Balaban J connectivity index is 1.70. The maximum Gasteiger partial charge on any atom is 0.306 e. The smallest absolute Gasteiger partial charge is 0.306 e. The number of carbonyl (C=O) groups excluding carboxylic acids is 2. The van der Waals surface area contributed by atoms with E-state index >= 15 is 0 Å². The Labute approximate surface area is 130 Å². The van der Waals surface area contributed by atoms with Crippen LogP contribution in [0.1, 0.15) is 37.7 Å². The SMILES string of the molecule is N#CC1(NC(=O)COC(=O)CCc2ccccc2)CCCC1. The second kappa shape index (κ2) is 7.60. The Bertz CT molecular complexity index is 557. The summed E-state index contributed by atoms with van der Waals surface area (Å²) in [5, 5.41) is 11.9. The van der Waals surface area contributed by atoms with Crippen molar-refractivity contribution in [2.45, 2.75) is 44.1 Å². The minimum absolute atomic E-state index is 0.237. The van der Waals surface area contributed by atoms with E-state index in [0.717, 1.165) is 18.4 Å². The molecular formula is C17H20N2O3. The molecule has 1 aliphatic rings. The molecule has 0 bridgehead atoms. The summed E-state index contributed by atoms with van der Waals surface area (Å²) in [7, 11) is 0. The Kier molecular flexibility index (Phi) is 5.54. The number of nitrogens with one attached hydrogen (secondary N) is 1. The van der Waals surface area contributed by atoms with Crippen molar-refractivity contribution in [1.29, 1.82) is 5.26 Å². The lowest BCUT2D eigenvalue weighted by atomic mass is 10.00. The van der Waals surface area contributed by atoms with Crippen molar-refractivity contribution in [3.05, 3.63) is 35.9 Å². The number of amides is 1. The molecule has 2 rings (SSSR count). The third kappa shape index (κ3) is 4.59. The van der Waals surface area contributed by atoms with Crippen LogP contribution in [0.15, 0.2) is 30.3 Å². The fourth-order valence-corrected chi connectivity index (χ4v) is 2.66. The molecule has 0 saturated heterocycles. The number of esters is 1.